The zero-order chi connectivity index (χ0) is 15.0. The molecule has 1 aliphatic rings. The zero-order valence-electron chi connectivity index (χ0n) is 11.0. The van der Waals surface area contributed by atoms with E-state index in [-0.39, 0.29) is 10.3 Å². The average molecular weight is 342 g/mol. The molecule has 0 amide bonds. The highest BCUT2D eigenvalue weighted by Crippen LogP contribution is 2.35. The molecule has 6 heteroatoms. The van der Waals surface area contributed by atoms with Crippen molar-refractivity contribution in [3.63, 3.8) is 0 Å². The van der Waals surface area contributed by atoms with Crippen LogP contribution < -0.4 is 4.72 Å². The predicted octanol–water partition coefficient (Wildman–Crippen LogP) is 3.52. The fourth-order valence-electron chi connectivity index (χ4n) is 2.53. The number of sulfonamides is 1. The van der Waals surface area contributed by atoms with Gasteiger partial charge in [-0.2, -0.15) is 0 Å². The Morgan fingerprint density at radius 2 is 1.71 bits per heavy atom. The lowest BCUT2D eigenvalue weighted by molar-refractivity contribution is 0.556. The van der Waals surface area contributed by atoms with Crippen molar-refractivity contribution in [2.24, 2.45) is 0 Å². The number of hydrogen-bond acceptors (Lipinski definition) is 2. The first-order valence-corrected chi connectivity index (χ1v) is 8.77. The summed E-state index contributed by atoms with van der Waals surface area (Å²) in [6.07, 6.45) is 0.658. The molecular weight excluding hydrogens is 329 g/mol. The summed E-state index contributed by atoms with van der Waals surface area (Å²) in [6.45, 7) is 0. The van der Waals surface area contributed by atoms with Gasteiger partial charge in [-0.15, -0.1) is 11.6 Å². The van der Waals surface area contributed by atoms with Crippen molar-refractivity contribution in [1.29, 1.82) is 0 Å². The van der Waals surface area contributed by atoms with Crippen LogP contribution in [0, 0.1) is 0 Å². The number of alkyl halides is 1. The Hall–Kier alpha value is -1.07. The third-order valence-electron chi connectivity index (χ3n) is 3.57. The number of halogens is 2. The smallest absolute Gasteiger partial charge is 0.207 e. The van der Waals surface area contributed by atoms with Crippen LogP contribution in [0.2, 0.25) is 5.02 Å². The van der Waals surface area contributed by atoms with Gasteiger partial charge in [-0.1, -0.05) is 35.9 Å². The van der Waals surface area contributed by atoms with E-state index in [2.05, 4.69) is 4.72 Å². The molecule has 110 valence electrons. The number of rotatable bonds is 3. The third-order valence-corrected chi connectivity index (χ3v) is 5.69. The fraction of sp³-hybridized carbons (Fsp3) is 0.200. The summed E-state index contributed by atoms with van der Waals surface area (Å²) in [4.78, 5) is 0.181. The molecule has 0 heterocycles. The van der Waals surface area contributed by atoms with Crippen LogP contribution in [0.5, 0.6) is 0 Å². The summed E-state index contributed by atoms with van der Waals surface area (Å²) in [5.74, 6) is 0. The quantitative estimate of drug-likeness (QED) is 0.868. The molecule has 2 atom stereocenters. The van der Waals surface area contributed by atoms with Gasteiger partial charge in [0, 0.05) is 5.02 Å². The van der Waals surface area contributed by atoms with Gasteiger partial charge in [-0.3, -0.25) is 0 Å². The molecule has 0 saturated heterocycles. The van der Waals surface area contributed by atoms with Crippen LogP contribution in [-0.2, 0) is 16.4 Å². The Balaban J connectivity index is 1.91. The fourth-order valence-corrected chi connectivity index (χ4v) is 4.35. The molecular formula is C15H13Cl2NO2S. The topological polar surface area (TPSA) is 46.2 Å². The highest BCUT2D eigenvalue weighted by atomic mass is 35.5. The predicted molar refractivity (Wildman–Crippen MR) is 84.3 cm³/mol. The van der Waals surface area contributed by atoms with E-state index in [1.54, 1.807) is 12.1 Å². The van der Waals surface area contributed by atoms with E-state index >= 15 is 0 Å². The molecule has 2 aromatic carbocycles. The van der Waals surface area contributed by atoms with E-state index in [0.717, 1.165) is 11.1 Å². The standard InChI is InChI=1S/C15H13Cl2NO2S/c16-11-5-7-12(8-6-11)21(19,20)18-15-13-4-2-1-3-10(13)9-14(15)17/h1-8,14-15,18H,9H2. The van der Waals surface area contributed by atoms with Crippen LogP contribution in [0.4, 0.5) is 0 Å². The van der Waals surface area contributed by atoms with Crippen LogP contribution in [0.25, 0.3) is 0 Å². The second-order valence-electron chi connectivity index (χ2n) is 4.97. The van der Waals surface area contributed by atoms with Gasteiger partial charge in [0.1, 0.15) is 0 Å². The van der Waals surface area contributed by atoms with Crippen molar-refractivity contribution in [3.05, 3.63) is 64.7 Å². The molecule has 0 aromatic heterocycles. The molecule has 3 nitrogen and oxygen atoms in total. The summed E-state index contributed by atoms with van der Waals surface area (Å²) in [6, 6.07) is 13.4. The van der Waals surface area contributed by atoms with Crippen molar-refractivity contribution >= 4 is 33.2 Å². The molecule has 0 spiro atoms. The first kappa shape index (κ1) is 14.9. The van der Waals surface area contributed by atoms with Crippen molar-refractivity contribution in [3.8, 4) is 0 Å². The minimum absolute atomic E-state index is 0.181. The molecule has 1 N–H and O–H groups in total. The van der Waals surface area contributed by atoms with E-state index < -0.39 is 16.1 Å². The monoisotopic (exact) mass is 341 g/mol. The zero-order valence-corrected chi connectivity index (χ0v) is 13.3. The second kappa shape index (κ2) is 5.61. The highest BCUT2D eigenvalue weighted by molar-refractivity contribution is 7.89. The van der Waals surface area contributed by atoms with Crippen molar-refractivity contribution in [2.45, 2.75) is 22.7 Å². The molecule has 0 fully saturated rings. The lowest BCUT2D eigenvalue weighted by Crippen LogP contribution is -2.31. The van der Waals surface area contributed by atoms with Crippen molar-refractivity contribution in [1.82, 2.24) is 4.72 Å². The van der Waals surface area contributed by atoms with E-state index in [9.17, 15) is 8.42 Å². The van der Waals surface area contributed by atoms with Gasteiger partial charge in [0.2, 0.25) is 10.0 Å². The lowest BCUT2D eigenvalue weighted by atomic mass is 10.1. The van der Waals surface area contributed by atoms with E-state index in [0.29, 0.717) is 11.4 Å². The Morgan fingerprint density at radius 3 is 2.43 bits per heavy atom. The Bertz CT molecular complexity index is 759. The normalized spacial score (nSPS) is 21.2. The largest absolute Gasteiger partial charge is 0.241 e. The highest BCUT2D eigenvalue weighted by Gasteiger charge is 2.34. The van der Waals surface area contributed by atoms with E-state index in [1.165, 1.54) is 12.1 Å². The molecule has 0 aliphatic heterocycles. The van der Waals surface area contributed by atoms with Gasteiger partial charge < -0.3 is 0 Å². The van der Waals surface area contributed by atoms with Gasteiger partial charge in [0.25, 0.3) is 0 Å². The maximum atomic E-state index is 12.4. The minimum atomic E-state index is -3.63. The minimum Gasteiger partial charge on any atom is -0.207 e. The van der Waals surface area contributed by atoms with Gasteiger partial charge in [-0.05, 0) is 41.8 Å². The summed E-state index contributed by atoms with van der Waals surface area (Å²) < 4.78 is 27.6. The molecule has 21 heavy (non-hydrogen) atoms. The lowest BCUT2D eigenvalue weighted by Gasteiger charge is -2.17. The van der Waals surface area contributed by atoms with Crippen LogP contribution in [0.3, 0.4) is 0 Å². The molecule has 0 radical (unpaired) electrons. The molecule has 3 rings (SSSR count). The number of benzene rings is 2. The van der Waals surface area contributed by atoms with Crippen LogP contribution in [0.1, 0.15) is 17.2 Å². The Morgan fingerprint density at radius 1 is 1.05 bits per heavy atom. The maximum absolute atomic E-state index is 12.4. The van der Waals surface area contributed by atoms with Crippen LogP contribution >= 0.6 is 23.2 Å². The molecule has 0 saturated carbocycles. The number of nitrogens with one attached hydrogen (secondary N) is 1. The molecule has 0 bridgehead atoms. The first-order valence-electron chi connectivity index (χ1n) is 6.47. The Labute approximate surface area is 133 Å². The second-order valence-corrected chi connectivity index (χ2v) is 7.68. The van der Waals surface area contributed by atoms with Gasteiger partial charge in [0.15, 0.2) is 0 Å². The maximum Gasteiger partial charge on any atom is 0.241 e. The van der Waals surface area contributed by atoms with Gasteiger partial charge in [-0.25, -0.2) is 13.1 Å². The van der Waals surface area contributed by atoms with E-state index in [4.69, 9.17) is 23.2 Å². The SMILES string of the molecule is O=S(=O)(NC1c2ccccc2CC1Cl)c1ccc(Cl)cc1. The first-order chi connectivity index (χ1) is 9.97. The van der Waals surface area contributed by atoms with Crippen LogP contribution in [-0.4, -0.2) is 13.8 Å². The van der Waals surface area contributed by atoms with Gasteiger partial charge >= 0.3 is 0 Å². The Kier molecular flexibility index (Phi) is 3.97. The number of hydrogen-bond donors (Lipinski definition) is 1. The summed E-state index contributed by atoms with van der Waals surface area (Å²) in [5, 5.41) is 0.208. The molecule has 1 aliphatic carbocycles. The van der Waals surface area contributed by atoms with Gasteiger partial charge in [0.05, 0.1) is 16.3 Å². The average Bonchev–Trinajstić information content (AvgIpc) is 2.75. The van der Waals surface area contributed by atoms with Crippen molar-refractivity contribution in [2.75, 3.05) is 0 Å². The summed E-state index contributed by atoms with van der Waals surface area (Å²) in [7, 11) is -3.63. The van der Waals surface area contributed by atoms with Crippen LogP contribution in [0.15, 0.2) is 53.4 Å². The molecule has 2 aromatic rings. The summed E-state index contributed by atoms with van der Waals surface area (Å²) >= 11 is 12.1. The molecule has 2 unspecified atom stereocenters. The number of fused-ring (bicyclic) bond motifs is 1. The van der Waals surface area contributed by atoms with E-state index in [1.807, 2.05) is 24.3 Å². The third kappa shape index (κ3) is 2.94. The summed E-state index contributed by atoms with van der Waals surface area (Å²) in [5.41, 5.74) is 2.02. The van der Waals surface area contributed by atoms with Crippen molar-refractivity contribution < 1.29 is 8.42 Å².